The number of aryl methyl sites for hydroxylation is 1. The van der Waals surface area contributed by atoms with Gasteiger partial charge in [0.2, 0.25) is 0 Å². The first kappa shape index (κ1) is 13.5. The average Bonchev–Trinajstić information content (AvgIpc) is 2.78. The first-order chi connectivity index (χ1) is 9.59. The number of hydroxylamine groups is 1. The lowest BCUT2D eigenvalue weighted by atomic mass is 10.1. The molecule has 1 aromatic carbocycles. The molecule has 3 nitrogen and oxygen atoms in total. The van der Waals surface area contributed by atoms with Crippen molar-refractivity contribution in [3.8, 4) is 0 Å². The highest BCUT2D eigenvalue weighted by Gasteiger charge is 2.40. The van der Waals surface area contributed by atoms with Crippen molar-refractivity contribution in [2.45, 2.75) is 11.8 Å². The van der Waals surface area contributed by atoms with Gasteiger partial charge in [0, 0.05) is 23.5 Å². The molecule has 0 bridgehead atoms. The molecule has 1 unspecified atom stereocenters. The smallest absolute Gasteiger partial charge is 0.159 e. The van der Waals surface area contributed by atoms with Crippen LogP contribution in [0.2, 0.25) is 0 Å². The molecule has 20 heavy (non-hydrogen) atoms. The molecule has 0 saturated carbocycles. The van der Waals surface area contributed by atoms with Crippen molar-refractivity contribution in [3.63, 3.8) is 0 Å². The monoisotopic (exact) mass is 302 g/mol. The molecular weight excluding hydrogens is 288 g/mol. The molecule has 0 aliphatic carbocycles. The van der Waals surface area contributed by atoms with Crippen molar-refractivity contribution >= 4 is 31.2 Å². The number of hydrogen-bond acceptors (Lipinski definition) is 5. The number of nitrogens with zero attached hydrogens (tertiary/aromatic N) is 2. The van der Waals surface area contributed by atoms with E-state index < -0.39 is 4.87 Å². The molecule has 0 N–H and O–H groups in total. The topological polar surface area (TPSA) is 25.4 Å². The third-order valence-corrected chi connectivity index (χ3v) is 4.36. The van der Waals surface area contributed by atoms with E-state index in [1.165, 1.54) is 10.0 Å². The van der Waals surface area contributed by atoms with Gasteiger partial charge in [-0.05, 0) is 19.1 Å². The van der Waals surface area contributed by atoms with Crippen LogP contribution in [-0.4, -0.2) is 9.45 Å². The number of benzene rings is 1. The molecule has 2 aromatic rings. The highest BCUT2D eigenvalue weighted by molar-refractivity contribution is 7.83. The van der Waals surface area contributed by atoms with Gasteiger partial charge in [-0.1, -0.05) is 53.2 Å². The lowest BCUT2D eigenvalue weighted by Gasteiger charge is -2.26. The van der Waals surface area contributed by atoms with Gasteiger partial charge in [-0.2, -0.15) is 0 Å². The Morgan fingerprint density at radius 2 is 1.95 bits per heavy atom. The summed E-state index contributed by atoms with van der Waals surface area (Å²) in [5, 5.41) is 0. The Labute approximate surface area is 129 Å². The fraction of sp³-hybridized carbons (Fsp3) is 0.133. The van der Waals surface area contributed by atoms with E-state index in [9.17, 15) is 0 Å². The van der Waals surface area contributed by atoms with E-state index in [-0.39, 0.29) is 0 Å². The lowest BCUT2D eigenvalue weighted by Crippen LogP contribution is -2.28. The largest absolute Gasteiger partial charge is 0.393 e. The second-order valence-corrected chi connectivity index (χ2v) is 5.75. The molecule has 0 saturated heterocycles. The number of aromatic nitrogens is 1. The summed E-state index contributed by atoms with van der Waals surface area (Å²) in [7, 11) is 0. The Hall–Kier alpha value is -1.43. The summed E-state index contributed by atoms with van der Waals surface area (Å²) in [6, 6.07) is 11.9. The van der Waals surface area contributed by atoms with Crippen molar-refractivity contribution in [2.24, 2.45) is 0 Å². The van der Waals surface area contributed by atoms with Gasteiger partial charge in [0.25, 0.3) is 0 Å². The Kier molecular flexibility index (Phi) is 3.50. The zero-order chi connectivity index (χ0) is 14.2. The molecule has 0 spiro atoms. The molecular formula is C15H14N2OS2. The maximum Gasteiger partial charge on any atom is 0.159 e. The van der Waals surface area contributed by atoms with Crippen LogP contribution >= 0.6 is 25.4 Å². The summed E-state index contributed by atoms with van der Waals surface area (Å²) in [5.41, 5.74) is 3.11. The predicted molar refractivity (Wildman–Crippen MR) is 86.0 cm³/mol. The second-order valence-electron chi connectivity index (χ2n) is 4.71. The van der Waals surface area contributed by atoms with Gasteiger partial charge in [0.05, 0.1) is 0 Å². The molecule has 1 aliphatic rings. The van der Waals surface area contributed by atoms with Gasteiger partial charge in [-0.15, -0.1) is 12.6 Å². The third-order valence-electron chi connectivity index (χ3n) is 3.23. The molecule has 1 aliphatic heterocycles. The van der Waals surface area contributed by atoms with Gasteiger partial charge in [0.15, 0.2) is 10.6 Å². The zero-order valence-corrected chi connectivity index (χ0v) is 12.7. The first-order valence-corrected chi connectivity index (χ1v) is 7.04. The minimum atomic E-state index is -0.739. The molecule has 0 fully saturated rings. The maximum atomic E-state index is 5.71. The van der Waals surface area contributed by atoms with E-state index in [2.05, 4.69) is 24.7 Å². The predicted octanol–water partition coefficient (Wildman–Crippen LogP) is 3.61. The quantitative estimate of drug-likeness (QED) is 0.829. The van der Waals surface area contributed by atoms with Crippen molar-refractivity contribution in [1.82, 2.24) is 9.45 Å². The Morgan fingerprint density at radius 3 is 2.60 bits per heavy atom. The highest BCUT2D eigenvalue weighted by atomic mass is 32.1. The van der Waals surface area contributed by atoms with Crippen molar-refractivity contribution < 1.29 is 4.84 Å². The summed E-state index contributed by atoms with van der Waals surface area (Å²) < 4.78 is 1.43. The van der Waals surface area contributed by atoms with Gasteiger partial charge in [-0.3, -0.25) is 4.98 Å². The lowest BCUT2D eigenvalue weighted by molar-refractivity contribution is 0.00520. The Bertz CT molecular complexity index is 643. The van der Waals surface area contributed by atoms with Crippen LogP contribution in [0.25, 0.3) is 5.76 Å². The van der Waals surface area contributed by atoms with Gasteiger partial charge in [-0.25, -0.2) is 0 Å². The fourth-order valence-electron chi connectivity index (χ4n) is 2.06. The number of thiol groups is 2. The highest BCUT2D eigenvalue weighted by Crippen LogP contribution is 2.44. The molecule has 1 aromatic heterocycles. The normalized spacial score (nSPS) is 22.4. The standard InChI is InChI=1S/C15H14N2OS2/c1-11-4-6-12(7-5-11)14-9-15(19,17(20)18-14)13-3-2-8-16-10-13/h2-10,19-20H,1H3. The maximum absolute atomic E-state index is 5.71. The van der Waals surface area contributed by atoms with Crippen molar-refractivity contribution in [1.29, 1.82) is 0 Å². The van der Waals surface area contributed by atoms with Gasteiger partial charge in [0.1, 0.15) is 0 Å². The Balaban J connectivity index is 2.00. The van der Waals surface area contributed by atoms with E-state index in [1.54, 1.807) is 12.4 Å². The summed E-state index contributed by atoms with van der Waals surface area (Å²) in [5.74, 6) is 0.735. The Morgan fingerprint density at radius 1 is 1.20 bits per heavy atom. The van der Waals surface area contributed by atoms with Crippen LogP contribution in [0, 0.1) is 6.92 Å². The van der Waals surface area contributed by atoms with Crippen LogP contribution in [0.15, 0.2) is 54.9 Å². The first-order valence-electron chi connectivity index (χ1n) is 6.19. The minimum absolute atomic E-state index is 0.735. The second kappa shape index (κ2) is 5.16. The fourth-order valence-corrected chi connectivity index (χ4v) is 2.61. The van der Waals surface area contributed by atoms with Crippen LogP contribution in [-0.2, 0) is 9.71 Å². The van der Waals surface area contributed by atoms with E-state index in [1.807, 2.05) is 42.5 Å². The van der Waals surface area contributed by atoms with E-state index >= 15 is 0 Å². The molecule has 0 amide bonds. The molecule has 1 atom stereocenters. The van der Waals surface area contributed by atoms with Crippen LogP contribution in [0.4, 0.5) is 0 Å². The van der Waals surface area contributed by atoms with Crippen molar-refractivity contribution in [2.75, 3.05) is 0 Å². The zero-order valence-electron chi connectivity index (χ0n) is 10.9. The SMILES string of the molecule is Cc1ccc(C2=CC(S)(c3cccnc3)N(S)O2)cc1. The molecule has 3 rings (SSSR count). The molecule has 102 valence electrons. The van der Waals surface area contributed by atoms with E-state index in [0.29, 0.717) is 0 Å². The molecule has 2 heterocycles. The minimum Gasteiger partial charge on any atom is -0.393 e. The van der Waals surface area contributed by atoms with Gasteiger partial charge < -0.3 is 4.84 Å². The van der Waals surface area contributed by atoms with E-state index in [0.717, 1.165) is 16.9 Å². The summed E-state index contributed by atoms with van der Waals surface area (Å²) in [6.45, 7) is 2.05. The third kappa shape index (κ3) is 2.32. The van der Waals surface area contributed by atoms with Crippen LogP contribution < -0.4 is 0 Å². The molecule has 0 radical (unpaired) electrons. The molecule has 5 heteroatoms. The average molecular weight is 302 g/mol. The summed E-state index contributed by atoms with van der Waals surface area (Å²) >= 11 is 9.07. The number of rotatable bonds is 2. The number of hydrogen-bond donors (Lipinski definition) is 2. The van der Waals surface area contributed by atoms with Crippen LogP contribution in [0.5, 0.6) is 0 Å². The number of pyridine rings is 1. The van der Waals surface area contributed by atoms with Crippen LogP contribution in [0.1, 0.15) is 16.7 Å². The summed E-state index contributed by atoms with van der Waals surface area (Å²) in [4.78, 5) is 9.10. The van der Waals surface area contributed by atoms with Crippen LogP contribution in [0.3, 0.4) is 0 Å². The van der Waals surface area contributed by atoms with E-state index in [4.69, 9.17) is 17.5 Å². The van der Waals surface area contributed by atoms with Gasteiger partial charge >= 0.3 is 0 Å². The van der Waals surface area contributed by atoms with Crippen molar-refractivity contribution in [3.05, 3.63) is 71.6 Å². The summed E-state index contributed by atoms with van der Waals surface area (Å²) in [6.07, 6.45) is 5.42.